The predicted molar refractivity (Wildman–Crippen MR) is 71.8 cm³/mol. The standard InChI is InChI=1S/C13H21N3O3/c1-5-9-10(6-2)14-15-12(11(9)13(17)18)19-8-7-16(3)4/h5-8H2,1-4H3,(H,17,18). The average Bonchev–Trinajstić information content (AvgIpc) is 2.37. The summed E-state index contributed by atoms with van der Waals surface area (Å²) in [5.41, 5.74) is 1.58. The number of aromatic carboxylic acids is 1. The van der Waals surface area contributed by atoms with Gasteiger partial charge in [0, 0.05) is 6.54 Å². The predicted octanol–water partition coefficient (Wildman–Crippen LogP) is 1.24. The van der Waals surface area contributed by atoms with Gasteiger partial charge in [-0.25, -0.2) is 4.79 Å². The van der Waals surface area contributed by atoms with Gasteiger partial charge in [-0.3, -0.25) is 0 Å². The van der Waals surface area contributed by atoms with Crippen LogP contribution in [0.2, 0.25) is 0 Å². The van der Waals surface area contributed by atoms with Gasteiger partial charge in [0.05, 0.1) is 5.69 Å². The third-order valence-electron chi connectivity index (χ3n) is 2.81. The fraction of sp³-hybridized carbons (Fsp3) is 0.615. The van der Waals surface area contributed by atoms with E-state index in [0.717, 1.165) is 5.69 Å². The molecule has 0 bridgehead atoms. The van der Waals surface area contributed by atoms with Crippen LogP contribution >= 0.6 is 0 Å². The molecule has 0 atom stereocenters. The average molecular weight is 267 g/mol. The number of hydrogen-bond donors (Lipinski definition) is 1. The first-order valence-electron chi connectivity index (χ1n) is 6.40. The molecule has 0 saturated heterocycles. The number of nitrogens with zero attached hydrogens (tertiary/aromatic N) is 3. The molecule has 0 amide bonds. The Morgan fingerprint density at radius 3 is 2.42 bits per heavy atom. The van der Waals surface area contributed by atoms with Crippen LogP contribution in [-0.2, 0) is 12.8 Å². The maximum atomic E-state index is 11.4. The van der Waals surface area contributed by atoms with Crippen molar-refractivity contribution < 1.29 is 14.6 Å². The molecule has 0 aromatic carbocycles. The van der Waals surface area contributed by atoms with Gasteiger partial charge >= 0.3 is 5.97 Å². The Labute approximate surface area is 113 Å². The van der Waals surface area contributed by atoms with Gasteiger partial charge in [0.15, 0.2) is 0 Å². The molecule has 0 unspecified atom stereocenters. The van der Waals surface area contributed by atoms with E-state index in [9.17, 15) is 9.90 Å². The van der Waals surface area contributed by atoms with Crippen LogP contribution in [0.3, 0.4) is 0 Å². The number of carbonyl (C=O) groups is 1. The van der Waals surface area contributed by atoms with Crippen LogP contribution in [0.1, 0.15) is 35.5 Å². The maximum Gasteiger partial charge on any atom is 0.341 e. The van der Waals surface area contributed by atoms with Crippen LogP contribution in [-0.4, -0.2) is 53.4 Å². The number of rotatable bonds is 7. The van der Waals surface area contributed by atoms with Crippen molar-refractivity contribution in [3.05, 3.63) is 16.8 Å². The molecule has 0 fully saturated rings. The van der Waals surface area contributed by atoms with Crippen molar-refractivity contribution in [1.29, 1.82) is 0 Å². The van der Waals surface area contributed by atoms with E-state index in [1.165, 1.54) is 0 Å². The van der Waals surface area contributed by atoms with Gasteiger partial charge in [-0.15, -0.1) is 5.10 Å². The molecule has 0 radical (unpaired) electrons. The molecule has 1 heterocycles. The van der Waals surface area contributed by atoms with E-state index in [1.807, 2.05) is 32.8 Å². The molecule has 6 nitrogen and oxygen atoms in total. The molecule has 1 aromatic heterocycles. The normalized spacial score (nSPS) is 10.8. The summed E-state index contributed by atoms with van der Waals surface area (Å²) in [5.74, 6) is -0.898. The summed E-state index contributed by atoms with van der Waals surface area (Å²) in [5, 5.41) is 17.3. The smallest absolute Gasteiger partial charge is 0.341 e. The molecule has 19 heavy (non-hydrogen) atoms. The van der Waals surface area contributed by atoms with Crippen LogP contribution in [0, 0.1) is 0 Å². The topological polar surface area (TPSA) is 75.6 Å². The first-order valence-corrected chi connectivity index (χ1v) is 6.40. The highest BCUT2D eigenvalue weighted by Gasteiger charge is 2.21. The molecule has 0 saturated carbocycles. The minimum absolute atomic E-state index is 0.114. The Bertz CT molecular complexity index is 447. The number of carboxylic acids is 1. The maximum absolute atomic E-state index is 11.4. The van der Waals surface area contributed by atoms with Crippen LogP contribution in [0.15, 0.2) is 0 Å². The zero-order chi connectivity index (χ0) is 14.4. The highest BCUT2D eigenvalue weighted by atomic mass is 16.5. The molecule has 106 valence electrons. The molecular formula is C13H21N3O3. The summed E-state index contributed by atoms with van der Waals surface area (Å²) in [6, 6.07) is 0. The fourth-order valence-corrected chi connectivity index (χ4v) is 1.80. The Kier molecular flexibility index (Phi) is 5.69. The number of aryl methyl sites for hydroxylation is 1. The third-order valence-corrected chi connectivity index (χ3v) is 2.81. The minimum Gasteiger partial charge on any atom is -0.477 e. The first kappa shape index (κ1) is 15.4. The molecule has 1 rings (SSSR count). The van der Waals surface area contributed by atoms with E-state index in [1.54, 1.807) is 0 Å². The van der Waals surface area contributed by atoms with Crippen molar-refractivity contribution >= 4 is 5.97 Å². The largest absolute Gasteiger partial charge is 0.477 e. The highest BCUT2D eigenvalue weighted by Crippen LogP contribution is 2.22. The van der Waals surface area contributed by atoms with Gasteiger partial charge in [-0.05, 0) is 32.5 Å². The van der Waals surface area contributed by atoms with Gasteiger partial charge < -0.3 is 14.7 Å². The molecule has 1 N–H and O–H groups in total. The van der Waals surface area contributed by atoms with Crippen LogP contribution in [0.4, 0.5) is 0 Å². The zero-order valence-electron chi connectivity index (χ0n) is 11.9. The van der Waals surface area contributed by atoms with Crippen LogP contribution in [0.5, 0.6) is 5.88 Å². The Hall–Kier alpha value is -1.69. The molecule has 0 aliphatic heterocycles. The molecule has 6 heteroatoms. The van der Waals surface area contributed by atoms with Crippen molar-refractivity contribution in [1.82, 2.24) is 15.1 Å². The van der Waals surface area contributed by atoms with Gasteiger partial charge in [0.2, 0.25) is 5.88 Å². The number of ether oxygens (including phenoxy) is 1. The first-order chi connectivity index (χ1) is 9.01. The van der Waals surface area contributed by atoms with E-state index in [0.29, 0.717) is 31.6 Å². The van der Waals surface area contributed by atoms with Gasteiger partial charge in [0.1, 0.15) is 12.2 Å². The van der Waals surface area contributed by atoms with Crippen LogP contribution in [0.25, 0.3) is 0 Å². The summed E-state index contributed by atoms with van der Waals surface area (Å²) in [6.07, 6.45) is 1.26. The minimum atomic E-state index is -1.01. The van der Waals surface area contributed by atoms with Gasteiger partial charge in [0.25, 0.3) is 0 Å². The van der Waals surface area contributed by atoms with E-state index < -0.39 is 5.97 Å². The lowest BCUT2D eigenvalue weighted by Crippen LogP contribution is -2.21. The lowest BCUT2D eigenvalue weighted by Gasteiger charge is -2.14. The summed E-state index contributed by atoms with van der Waals surface area (Å²) in [4.78, 5) is 13.4. The summed E-state index contributed by atoms with van der Waals surface area (Å²) < 4.78 is 5.46. The second-order valence-electron chi connectivity index (χ2n) is 4.47. The Morgan fingerprint density at radius 1 is 1.26 bits per heavy atom. The monoisotopic (exact) mass is 267 g/mol. The van der Waals surface area contributed by atoms with E-state index in [4.69, 9.17) is 4.74 Å². The second-order valence-corrected chi connectivity index (χ2v) is 4.47. The van der Waals surface area contributed by atoms with Crippen molar-refractivity contribution in [2.75, 3.05) is 27.2 Å². The molecule has 0 aliphatic carbocycles. The van der Waals surface area contributed by atoms with Crippen molar-refractivity contribution in [2.45, 2.75) is 26.7 Å². The SMILES string of the molecule is CCc1nnc(OCCN(C)C)c(C(=O)O)c1CC. The number of carboxylic acid groups (broad SMARTS) is 1. The summed E-state index contributed by atoms with van der Waals surface area (Å²) in [7, 11) is 3.84. The molecule has 0 spiro atoms. The fourth-order valence-electron chi connectivity index (χ4n) is 1.80. The Balaban J connectivity index is 3.06. The molecular weight excluding hydrogens is 246 g/mol. The van der Waals surface area contributed by atoms with Crippen molar-refractivity contribution in [2.24, 2.45) is 0 Å². The summed E-state index contributed by atoms with van der Waals surface area (Å²) >= 11 is 0. The molecule has 1 aromatic rings. The van der Waals surface area contributed by atoms with Gasteiger partial charge in [-0.2, -0.15) is 5.10 Å². The second kappa shape index (κ2) is 7.04. The lowest BCUT2D eigenvalue weighted by molar-refractivity contribution is 0.0688. The van der Waals surface area contributed by atoms with E-state index >= 15 is 0 Å². The number of aromatic nitrogens is 2. The lowest BCUT2D eigenvalue weighted by atomic mass is 10.0. The van der Waals surface area contributed by atoms with Crippen molar-refractivity contribution in [3.63, 3.8) is 0 Å². The quantitative estimate of drug-likeness (QED) is 0.801. The van der Waals surface area contributed by atoms with E-state index in [-0.39, 0.29) is 11.4 Å². The number of likely N-dealkylation sites (N-methyl/N-ethyl adjacent to an activating group) is 1. The van der Waals surface area contributed by atoms with Gasteiger partial charge in [-0.1, -0.05) is 13.8 Å². The summed E-state index contributed by atoms with van der Waals surface area (Å²) in [6.45, 7) is 4.92. The van der Waals surface area contributed by atoms with Crippen molar-refractivity contribution in [3.8, 4) is 5.88 Å². The third kappa shape index (κ3) is 3.89. The zero-order valence-corrected chi connectivity index (χ0v) is 11.9. The van der Waals surface area contributed by atoms with E-state index in [2.05, 4.69) is 10.2 Å². The Morgan fingerprint density at radius 2 is 1.95 bits per heavy atom. The van der Waals surface area contributed by atoms with Crippen LogP contribution < -0.4 is 4.74 Å². The highest BCUT2D eigenvalue weighted by molar-refractivity contribution is 5.92. The number of hydrogen-bond acceptors (Lipinski definition) is 5. The molecule has 0 aliphatic rings.